The molecule has 3 heteroatoms. The number of carbonyl (C=O) groups is 1. The van der Waals surface area contributed by atoms with Gasteiger partial charge in [-0.3, -0.25) is 4.79 Å². The Morgan fingerprint density at radius 2 is 1.90 bits per heavy atom. The zero-order valence-electron chi connectivity index (χ0n) is 12.3. The van der Waals surface area contributed by atoms with Gasteiger partial charge in [0.15, 0.2) is 0 Å². The van der Waals surface area contributed by atoms with Crippen LogP contribution in [-0.4, -0.2) is 18.5 Å². The van der Waals surface area contributed by atoms with Crippen LogP contribution >= 0.6 is 0 Å². The Hall–Kier alpha value is -1.87. The molecular weight excluding hydrogens is 260 g/mol. The minimum Gasteiger partial charge on any atom is -0.353 e. The lowest BCUT2D eigenvalue weighted by Gasteiger charge is -2.07. The molecule has 0 heterocycles. The second-order valence-electron chi connectivity index (χ2n) is 5.80. The molecule has 0 spiro atoms. The largest absolute Gasteiger partial charge is 0.353 e. The van der Waals surface area contributed by atoms with Crippen LogP contribution in [0.4, 0.5) is 0 Å². The van der Waals surface area contributed by atoms with Gasteiger partial charge >= 0.3 is 0 Å². The third-order valence-electron chi connectivity index (χ3n) is 3.84. The van der Waals surface area contributed by atoms with E-state index in [1.54, 1.807) is 0 Å². The molecule has 1 aliphatic rings. The lowest BCUT2D eigenvalue weighted by atomic mass is 10.1. The molecule has 2 aromatic rings. The average Bonchev–Trinajstić information content (AvgIpc) is 3.30. The number of fused-ring (bicyclic) bond motifs is 1. The molecule has 0 aliphatic heterocycles. The van der Waals surface area contributed by atoms with Crippen LogP contribution in [0.25, 0.3) is 10.8 Å². The molecule has 2 aromatic carbocycles. The highest BCUT2D eigenvalue weighted by Crippen LogP contribution is 2.18. The lowest BCUT2D eigenvalue weighted by molar-refractivity contribution is -0.121. The van der Waals surface area contributed by atoms with Crippen LogP contribution in [0.3, 0.4) is 0 Å². The van der Waals surface area contributed by atoms with Crippen LogP contribution in [-0.2, 0) is 11.3 Å². The maximum atomic E-state index is 11.5. The van der Waals surface area contributed by atoms with E-state index in [4.69, 9.17) is 0 Å². The summed E-state index contributed by atoms with van der Waals surface area (Å²) >= 11 is 0. The molecule has 21 heavy (non-hydrogen) atoms. The summed E-state index contributed by atoms with van der Waals surface area (Å²) in [6.07, 6.45) is 3.84. The van der Waals surface area contributed by atoms with Crippen molar-refractivity contribution in [3.05, 3.63) is 48.0 Å². The van der Waals surface area contributed by atoms with Gasteiger partial charge in [0.05, 0.1) is 0 Å². The van der Waals surface area contributed by atoms with Crippen LogP contribution in [0.5, 0.6) is 0 Å². The van der Waals surface area contributed by atoms with Crippen LogP contribution in [0, 0.1) is 0 Å². The zero-order valence-corrected chi connectivity index (χ0v) is 12.3. The van der Waals surface area contributed by atoms with E-state index in [0.717, 1.165) is 32.4 Å². The fraction of sp³-hybridized carbons (Fsp3) is 0.389. The third-order valence-corrected chi connectivity index (χ3v) is 3.84. The predicted octanol–water partition coefficient (Wildman–Crippen LogP) is 2.99. The number of amides is 1. The molecular formula is C18H22N2O. The summed E-state index contributed by atoms with van der Waals surface area (Å²) in [4.78, 5) is 11.5. The first kappa shape index (κ1) is 14.1. The summed E-state index contributed by atoms with van der Waals surface area (Å²) in [5, 5.41) is 8.98. The highest BCUT2D eigenvalue weighted by atomic mass is 16.1. The van der Waals surface area contributed by atoms with Crippen LogP contribution < -0.4 is 10.6 Å². The number of carbonyl (C=O) groups excluding carboxylic acids is 1. The first-order valence-electron chi connectivity index (χ1n) is 7.79. The maximum Gasteiger partial charge on any atom is 0.220 e. The maximum absolute atomic E-state index is 11.5. The number of rotatable bonds is 7. The van der Waals surface area contributed by atoms with E-state index in [-0.39, 0.29) is 5.91 Å². The summed E-state index contributed by atoms with van der Waals surface area (Å²) in [6, 6.07) is 15.4. The summed E-state index contributed by atoms with van der Waals surface area (Å²) in [5.74, 6) is 0.199. The van der Waals surface area contributed by atoms with Gasteiger partial charge < -0.3 is 10.6 Å². The molecule has 110 valence electrons. The predicted molar refractivity (Wildman–Crippen MR) is 86.1 cm³/mol. The van der Waals surface area contributed by atoms with Crippen LogP contribution in [0.1, 0.15) is 31.2 Å². The Bertz CT molecular complexity index is 619. The molecule has 2 N–H and O–H groups in total. The summed E-state index contributed by atoms with van der Waals surface area (Å²) in [5.41, 5.74) is 1.29. The van der Waals surface area contributed by atoms with Gasteiger partial charge in [-0.25, -0.2) is 0 Å². The van der Waals surface area contributed by atoms with Crippen molar-refractivity contribution >= 4 is 16.7 Å². The topological polar surface area (TPSA) is 41.1 Å². The quantitative estimate of drug-likeness (QED) is 0.767. The molecule has 1 fully saturated rings. The molecule has 1 saturated carbocycles. The molecule has 0 radical (unpaired) electrons. The number of benzene rings is 2. The van der Waals surface area contributed by atoms with E-state index in [2.05, 4.69) is 53.1 Å². The standard InChI is InChI=1S/C18H22N2O/c21-18(20-17-9-10-17)6-3-11-19-13-14-7-8-15-4-1-2-5-16(15)12-14/h1-2,4-5,7-8,12,17,19H,3,6,9-11,13H2,(H,20,21). The van der Waals surface area contributed by atoms with E-state index < -0.39 is 0 Å². The third kappa shape index (κ3) is 4.30. The van der Waals surface area contributed by atoms with E-state index in [1.165, 1.54) is 16.3 Å². The number of hydrogen-bond acceptors (Lipinski definition) is 2. The zero-order chi connectivity index (χ0) is 14.5. The Morgan fingerprint density at radius 1 is 1.10 bits per heavy atom. The van der Waals surface area contributed by atoms with Gasteiger partial charge in [0, 0.05) is 19.0 Å². The molecule has 1 amide bonds. The van der Waals surface area contributed by atoms with Crippen LogP contribution in [0.2, 0.25) is 0 Å². The second-order valence-corrected chi connectivity index (χ2v) is 5.80. The van der Waals surface area contributed by atoms with Crippen molar-refractivity contribution in [1.29, 1.82) is 0 Å². The minimum absolute atomic E-state index is 0.199. The molecule has 0 aromatic heterocycles. The van der Waals surface area contributed by atoms with Gasteiger partial charge in [-0.05, 0) is 48.2 Å². The van der Waals surface area contributed by atoms with Crippen molar-refractivity contribution in [3.8, 4) is 0 Å². The monoisotopic (exact) mass is 282 g/mol. The Morgan fingerprint density at radius 3 is 2.71 bits per heavy atom. The van der Waals surface area contributed by atoms with Gasteiger partial charge in [-0.2, -0.15) is 0 Å². The fourth-order valence-corrected chi connectivity index (χ4v) is 2.48. The molecule has 0 atom stereocenters. The van der Waals surface area contributed by atoms with E-state index >= 15 is 0 Å². The highest BCUT2D eigenvalue weighted by Gasteiger charge is 2.22. The van der Waals surface area contributed by atoms with E-state index in [0.29, 0.717) is 12.5 Å². The first-order valence-corrected chi connectivity index (χ1v) is 7.79. The Labute approximate surface area is 125 Å². The SMILES string of the molecule is O=C(CCCNCc1ccc2ccccc2c1)NC1CC1. The number of hydrogen-bond donors (Lipinski definition) is 2. The fourth-order valence-electron chi connectivity index (χ4n) is 2.48. The molecule has 3 nitrogen and oxygen atoms in total. The molecule has 0 saturated heterocycles. The lowest BCUT2D eigenvalue weighted by Crippen LogP contribution is -2.26. The van der Waals surface area contributed by atoms with Crippen molar-refractivity contribution in [3.63, 3.8) is 0 Å². The van der Waals surface area contributed by atoms with Crippen molar-refractivity contribution in [2.75, 3.05) is 6.54 Å². The van der Waals surface area contributed by atoms with Crippen LogP contribution in [0.15, 0.2) is 42.5 Å². The molecule has 3 rings (SSSR count). The van der Waals surface area contributed by atoms with Crippen molar-refractivity contribution in [2.45, 2.75) is 38.3 Å². The highest BCUT2D eigenvalue weighted by molar-refractivity contribution is 5.83. The van der Waals surface area contributed by atoms with Gasteiger partial charge in [-0.15, -0.1) is 0 Å². The second kappa shape index (κ2) is 6.72. The summed E-state index contributed by atoms with van der Waals surface area (Å²) in [6.45, 7) is 1.74. The molecule has 0 bridgehead atoms. The normalized spacial score (nSPS) is 14.3. The van der Waals surface area contributed by atoms with Crippen molar-refractivity contribution < 1.29 is 4.79 Å². The smallest absolute Gasteiger partial charge is 0.220 e. The summed E-state index contributed by atoms with van der Waals surface area (Å²) < 4.78 is 0. The van der Waals surface area contributed by atoms with Gasteiger partial charge in [0.25, 0.3) is 0 Å². The minimum atomic E-state index is 0.199. The average molecular weight is 282 g/mol. The van der Waals surface area contributed by atoms with E-state index in [1.807, 2.05) is 0 Å². The number of nitrogens with one attached hydrogen (secondary N) is 2. The Kier molecular flexibility index (Phi) is 4.51. The van der Waals surface area contributed by atoms with Gasteiger partial charge in [0.2, 0.25) is 5.91 Å². The van der Waals surface area contributed by atoms with Gasteiger partial charge in [-0.1, -0.05) is 36.4 Å². The first-order chi connectivity index (χ1) is 10.3. The molecule has 0 unspecified atom stereocenters. The van der Waals surface area contributed by atoms with E-state index in [9.17, 15) is 4.79 Å². The van der Waals surface area contributed by atoms with Gasteiger partial charge in [0.1, 0.15) is 0 Å². The summed E-state index contributed by atoms with van der Waals surface area (Å²) in [7, 11) is 0. The Balaban J connectivity index is 1.38. The molecule has 1 aliphatic carbocycles. The van der Waals surface area contributed by atoms with Crippen molar-refractivity contribution in [2.24, 2.45) is 0 Å². The van der Waals surface area contributed by atoms with Crippen molar-refractivity contribution in [1.82, 2.24) is 10.6 Å².